The summed E-state index contributed by atoms with van der Waals surface area (Å²) >= 11 is 1.18. The van der Waals surface area contributed by atoms with E-state index in [4.69, 9.17) is 0 Å². The average Bonchev–Trinajstić information content (AvgIpc) is 2.25. The maximum absolute atomic E-state index is 10.7. The number of hydrogen-bond acceptors (Lipinski definition) is 3. The van der Waals surface area contributed by atoms with Gasteiger partial charge in [-0.05, 0) is 12.0 Å². The zero-order chi connectivity index (χ0) is 11.1. The number of carbonyl (C=O) groups is 1. The molecule has 1 unspecified atom stereocenters. The molecule has 0 aromatic heterocycles. The van der Waals surface area contributed by atoms with E-state index >= 15 is 0 Å². The Labute approximate surface area is 94.1 Å². The third kappa shape index (κ3) is 4.79. The minimum atomic E-state index is -0.193. The second-order valence-electron chi connectivity index (χ2n) is 3.31. The SMILES string of the molecule is CC(=O)SCC([C]=O)Cc1ccccc1. The molecule has 79 valence electrons. The predicted octanol–water partition coefficient (Wildman–Crippen LogP) is 2.23. The molecule has 1 aromatic rings. The fraction of sp³-hybridized carbons (Fsp3) is 0.333. The molecule has 0 aliphatic rings. The van der Waals surface area contributed by atoms with Gasteiger partial charge in [0, 0.05) is 18.6 Å². The molecule has 0 N–H and O–H groups in total. The van der Waals surface area contributed by atoms with Crippen LogP contribution in [-0.4, -0.2) is 17.2 Å². The van der Waals surface area contributed by atoms with Crippen LogP contribution in [0.25, 0.3) is 0 Å². The molecule has 0 amide bonds. The lowest BCUT2D eigenvalue weighted by Crippen LogP contribution is -2.10. The quantitative estimate of drug-likeness (QED) is 0.764. The first kappa shape index (κ1) is 12.0. The van der Waals surface area contributed by atoms with Crippen molar-refractivity contribution in [2.75, 3.05) is 5.75 Å². The Morgan fingerprint density at radius 3 is 2.60 bits per heavy atom. The van der Waals surface area contributed by atoms with E-state index in [1.807, 2.05) is 36.6 Å². The highest BCUT2D eigenvalue weighted by molar-refractivity contribution is 8.13. The highest BCUT2D eigenvalue weighted by Gasteiger charge is 2.10. The molecule has 15 heavy (non-hydrogen) atoms. The molecule has 1 radical (unpaired) electrons. The summed E-state index contributed by atoms with van der Waals surface area (Å²) in [5, 5.41) is 0.0447. The highest BCUT2D eigenvalue weighted by Crippen LogP contribution is 2.13. The van der Waals surface area contributed by atoms with Crippen molar-refractivity contribution < 1.29 is 9.59 Å². The van der Waals surface area contributed by atoms with Crippen LogP contribution in [0.1, 0.15) is 12.5 Å². The molecule has 1 rings (SSSR count). The summed E-state index contributed by atoms with van der Waals surface area (Å²) in [7, 11) is 0. The average molecular weight is 221 g/mol. The molecule has 0 heterocycles. The van der Waals surface area contributed by atoms with Gasteiger partial charge in [0.15, 0.2) is 5.12 Å². The first-order valence-corrected chi connectivity index (χ1v) is 5.76. The summed E-state index contributed by atoms with van der Waals surface area (Å²) in [5.74, 6) is 0.328. The molecule has 0 spiro atoms. The molecule has 0 aliphatic carbocycles. The van der Waals surface area contributed by atoms with Gasteiger partial charge in [-0.2, -0.15) is 0 Å². The highest BCUT2D eigenvalue weighted by atomic mass is 32.2. The first-order chi connectivity index (χ1) is 7.22. The van der Waals surface area contributed by atoms with Crippen LogP contribution in [0.5, 0.6) is 0 Å². The summed E-state index contributed by atoms with van der Waals surface area (Å²) < 4.78 is 0. The Kier molecular flexibility index (Phi) is 5.12. The summed E-state index contributed by atoms with van der Waals surface area (Å²) in [6.45, 7) is 1.51. The lowest BCUT2D eigenvalue weighted by molar-refractivity contribution is -0.109. The normalized spacial score (nSPS) is 12.1. The summed E-state index contributed by atoms with van der Waals surface area (Å²) in [5.41, 5.74) is 1.11. The molecule has 0 saturated heterocycles. The summed E-state index contributed by atoms with van der Waals surface area (Å²) in [6.07, 6.45) is 2.64. The topological polar surface area (TPSA) is 34.1 Å². The Morgan fingerprint density at radius 2 is 2.07 bits per heavy atom. The first-order valence-electron chi connectivity index (χ1n) is 4.77. The van der Waals surface area contributed by atoms with E-state index in [1.165, 1.54) is 18.7 Å². The predicted molar refractivity (Wildman–Crippen MR) is 62.5 cm³/mol. The van der Waals surface area contributed by atoms with E-state index in [0.717, 1.165) is 5.56 Å². The van der Waals surface area contributed by atoms with Gasteiger partial charge >= 0.3 is 0 Å². The standard InChI is InChI=1S/C12H13O2S/c1-10(14)15-9-12(8-13)7-11-5-3-2-4-6-11/h2-6,12H,7,9H2,1H3. The smallest absolute Gasteiger partial charge is 0.202 e. The fourth-order valence-electron chi connectivity index (χ4n) is 1.25. The van der Waals surface area contributed by atoms with Crippen LogP contribution in [0, 0.1) is 5.92 Å². The Morgan fingerprint density at radius 1 is 1.40 bits per heavy atom. The van der Waals surface area contributed by atoms with E-state index in [-0.39, 0.29) is 11.0 Å². The molecular formula is C12H13O2S. The number of rotatable bonds is 5. The minimum absolute atomic E-state index is 0.0447. The van der Waals surface area contributed by atoms with Gasteiger partial charge in [0.05, 0.1) is 0 Å². The molecule has 0 fully saturated rings. The molecule has 0 bridgehead atoms. The monoisotopic (exact) mass is 221 g/mol. The van der Waals surface area contributed by atoms with E-state index in [1.54, 1.807) is 0 Å². The van der Waals surface area contributed by atoms with Crippen LogP contribution in [-0.2, 0) is 16.0 Å². The van der Waals surface area contributed by atoms with Crippen molar-refractivity contribution in [3.8, 4) is 0 Å². The van der Waals surface area contributed by atoms with Gasteiger partial charge in [-0.25, -0.2) is 0 Å². The molecule has 2 nitrogen and oxygen atoms in total. The van der Waals surface area contributed by atoms with E-state index < -0.39 is 0 Å². The molecule has 0 saturated carbocycles. The van der Waals surface area contributed by atoms with Gasteiger partial charge < -0.3 is 0 Å². The number of benzene rings is 1. The van der Waals surface area contributed by atoms with Crippen LogP contribution in [0.4, 0.5) is 0 Å². The van der Waals surface area contributed by atoms with Crippen molar-refractivity contribution in [3.63, 3.8) is 0 Å². The van der Waals surface area contributed by atoms with Gasteiger partial charge in [0.25, 0.3) is 0 Å². The van der Waals surface area contributed by atoms with Crippen molar-refractivity contribution in [2.45, 2.75) is 13.3 Å². The molecule has 1 aromatic carbocycles. The zero-order valence-electron chi connectivity index (χ0n) is 8.60. The van der Waals surface area contributed by atoms with E-state index in [2.05, 4.69) is 0 Å². The van der Waals surface area contributed by atoms with Crippen molar-refractivity contribution >= 4 is 23.2 Å². The van der Waals surface area contributed by atoms with Crippen LogP contribution < -0.4 is 0 Å². The van der Waals surface area contributed by atoms with Gasteiger partial charge in [-0.1, -0.05) is 42.1 Å². The molecule has 3 heteroatoms. The van der Waals surface area contributed by atoms with Crippen LogP contribution >= 0.6 is 11.8 Å². The lowest BCUT2D eigenvalue weighted by atomic mass is 10.0. The van der Waals surface area contributed by atoms with Gasteiger partial charge in [-0.3, -0.25) is 9.59 Å². The number of hydrogen-bond donors (Lipinski definition) is 0. The molecule has 1 atom stereocenters. The Bertz CT molecular complexity index is 322. The number of thioether (sulfide) groups is 1. The minimum Gasteiger partial charge on any atom is -0.291 e. The third-order valence-electron chi connectivity index (χ3n) is 1.98. The Balaban J connectivity index is 2.47. The van der Waals surface area contributed by atoms with Crippen molar-refractivity contribution in [3.05, 3.63) is 35.9 Å². The summed E-state index contributed by atoms with van der Waals surface area (Å²) in [6, 6.07) is 9.77. The molecular weight excluding hydrogens is 208 g/mol. The summed E-state index contributed by atoms with van der Waals surface area (Å²) in [4.78, 5) is 21.4. The molecule has 0 aliphatic heterocycles. The van der Waals surface area contributed by atoms with Crippen LogP contribution in [0.15, 0.2) is 30.3 Å². The largest absolute Gasteiger partial charge is 0.291 e. The van der Waals surface area contributed by atoms with Crippen LogP contribution in [0.3, 0.4) is 0 Å². The maximum atomic E-state index is 10.7. The zero-order valence-corrected chi connectivity index (χ0v) is 9.42. The van der Waals surface area contributed by atoms with E-state index in [0.29, 0.717) is 12.2 Å². The van der Waals surface area contributed by atoms with Crippen molar-refractivity contribution in [1.29, 1.82) is 0 Å². The van der Waals surface area contributed by atoms with Gasteiger partial charge in [0.1, 0.15) is 0 Å². The number of carbonyl (C=O) groups excluding carboxylic acids is 2. The second-order valence-corrected chi connectivity index (χ2v) is 4.50. The maximum Gasteiger partial charge on any atom is 0.202 e. The van der Waals surface area contributed by atoms with Crippen LogP contribution in [0.2, 0.25) is 0 Å². The Hall–Kier alpha value is -1.09. The third-order valence-corrected chi connectivity index (χ3v) is 2.95. The second kappa shape index (κ2) is 6.40. The van der Waals surface area contributed by atoms with Gasteiger partial charge in [-0.15, -0.1) is 0 Å². The van der Waals surface area contributed by atoms with Gasteiger partial charge in [0.2, 0.25) is 6.29 Å². The fourth-order valence-corrected chi connectivity index (χ4v) is 1.87. The van der Waals surface area contributed by atoms with Crippen molar-refractivity contribution in [2.24, 2.45) is 5.92 Å². The lowest BCUT2D eigenvalue weighted by Gasteiger charge is -2.07. The van der Waals surface area contributed by atoms with E-state index in [9.17, 15) is 9.59 Å². The van der Waals surface area contributed by atoms with Crippen molar-refractivity contribution in [1.82, 2.24) is 0 Å².